The molecule has 2 heterocycles. The molecule has 0 aliphatic carbocycles. The van der Waals surface area contributed by atoms with Crippen molar-refractivity contribution in [3.05, 3.63) is 35.1 Å². The molecule has 1 atom stereocenters. The molecule has 1 unspecified atom stereocenters. The lowest BCUT2D eigenvalue weighted by atomic mass is 9.95. The fraction of sp³-hybridized carbons (Fsp3) is 0.471. The Morgan fingerprint density at radius 1 is 1.38 bits per heavy atom. The van der Waals surface area contributed by atoms with Crippen molar-refractivity contribution in [1.29, 1.82) is 0 Å². The molecule has 1 N–H and O–H groups in total. The Morgan fingerprint density at radius 2 is 2.08 bits per heavy atom. The summed E-state index contributed by atoms with van der Waals surface area (Å²) < 4.78 is 22.8. The number of pyridine rings is 1. The summed E-state index contributed by atoms with van der Waals surface area (Å²) in [7, 11) is -2.95. The lowest BCUT2D eigenvalue weighted by molar-refractivity contribution is 0.175. The van der Waals surface area contributed by atoms with Gasteiger partial charge in [-0.1, -0.05) is 24.6 Å². The number of hydrogen-bond donors (Lipinski definition) is 1. The molecule has 0 spiro atoms. The number of aliphatic hydroxyl groups is 1. The molecule has 0 saturated carbocycles. The predicted molar refractivity (Wildman–Crippen MR) is 97.4 cm³/mol. The molecule has 0 amide bonds. The van der Waals surface area contributed by atoms with E-state index in [1.54, 1.807) is 12.3 Å². The molecule has 7 heteroatoms. The first kappa shape index (κ1) is 17.5. The van der Waals surface area contributed by atoms with Gasteiger partial charge in [-0.25, -0.2) is 13.4 Å². The highest BCUT2D eigenvalue weighted by Crippen LogP contribution is 2.36. The smallest absolute Gasteiger partial charge is 0.147 e. The standard InChI is InChI=1S/C17H21ClN2O3S/c1-3-16(21)12-4-5-15(14-7-19-17(18)6-13(12)14)20-8-11(9-20)10-24(2,22)23/h4-7,11,16,21H,3,8-10H2,1-2H3. The molecule has 0 radical (unpaired) electrons. The highest BCUT2D eigenvalue weighted by atomic mass is 35.5. The Morgan fingerprint density at radius 3 is 2.71 bits per heavy atom. The maximum atomic E-state index is 11.4. The van der Waals surface area contributed by atoms with Gasteiger partial charge in [-0.2, -0.15) is 0 Å². The van der Waals surface area contributed by atoms with Crippen molar-refractivity contribution < 1.29 is 13.5 Å². The second-order valence-corrected chi connectivity index (χ2v) is 9.09. The van der Waals surface area contributed by atoms with E-state index in [0.717, 1.165) is 22.0 Å². The fourth-order valence-corrected chi connectivity index (χ4v) is 4.53. The molecular weight excluding hydrogens is 348 g/mol. The molecule has 1 aromatic carbocycles. The second-order valence-electron chi connectivity index (χ2n) is 6.51. The normalized spacial score (nSPS) is 17.1. The molecule has 1 aliphatic rings. The van der Waals surface area contributed by atoms with Crippen LogP contribution in [-0.4, -0.2) is 43.6 Å². The van der Waals surface area contributed by atoms with Gasteiger partial charge in [0.05, 0.1) is 11.9 Å². The third-order valence-electron chi connectivity index (χ3n) is 4.46. The van der Waals surface area contributed by atoms with Gasteiger partial charge in [0.2, 0.25) is 0 Å². The Balaban J connectivity index is 1.94. The number of fused-ring (bicyclic) bond motifs is 1. The third kappa shape index (κ3) is 3.50. The average Bonchev–Trinajstić information content (AvgIpc) is 2.48. The van der Waals surface area contributed by atoms with Gasteiger partial charge in [-0.3, -0.25) is 0 Å². The van der Waals surface area contributed by atoms with Gasteiger partial charge >= 0.3 is 0 Å². The van der Waals surface area contributed by atoms with Crippen molar-refractivity contribution in [2.75, 3.05) is 30.0 Å². The summed E-state index contributed by atoms with van der Waals surface area (Å²) in [5.74, 6) is 0.384. The van der Waals surface area contributed by atoms with E-state index < -0.39 is 15.9 Å². The Bertz CT molecular complexity index is 864. The topological polar surface area (TPSA) is 70.5 Å². The van der Waals surface area contributed by atoms with Gasteiger partial charge in [0.25, 0.3) is 0 Å². The van der Waals surface area contributed by atoms with Crippen molar-refractivity contribution in [3.8, 4) is 0 Å². The van der Waals surface area contributed by atoms with Crippen LogP contribution in [-0.2, 0) is 9.84 Å². The summed E-state index contributed by atoms with van der Waals surface area (Å²) in [5, 5.41) is 12.5. The number of benzene rings is 1. The number of rotatable bonds is 5. The van der Waals surface area contributed by atoms with Crippen LogP contribution >= 0.6 is 11.6 Å². The van der Waals surface area contributed by atoms with E-state index in [-0.39, 0.29) is 11.7 Å². The highest BCUT2D eigenvalue weighted by Gasteiger charge is 2.31. The van der Waals surface area contributed by atoms with Gasteiger partial charge in [-0.05, 0) is 29.5 Å². The van der Waals surface area contributed by atoms with Crippen LogP contribution in [0.1, 0.15) is 25.0 Å². The second kappa shape index (κ2) is 6.50. The maximum Gasteiger partial charge on any atom is 0.147 e. The van der Waals surface area contributed by atoms with E-state index in [1.165, 1.54) is 6.26 Å². The van der Waals surface area contributed by atoms with E-state index >= 15 is 0 Å². The summed E-state index contributed by atoms with van der Waals surface area (Å²) >= 11 is 6.04. The average molecular weight is 369 g/mol. The van der Waals surface area contributed by atoms with Crippen LogP contribution in [0.4, 0.5) is 5.69 Å². The van der Waals surface area contributed by atoms with Gasteiger partial charge < -0.3 is 10.0 Å². The zero-order chi connectivity index (χ0) is 17.5. The van der Waals surface area contributed by atoms with Crippen molar-refractivity contribution >= 4 is 37.9 Å². The van der Waals surface area contributed by atoms with Crippen LogP contribution < -0.4 is 4.90 Å². The van der Waals surface area contributed by atoms with Gasteiger partial charge in [0.15, 0.2) is 0 Å². The maximum absolute atomic E-state index is 11.4. The largest absolute Gasteiger partial charge is 0.388 e. The van der Waals surface area contributed by atoms with E-state index in [1.807, 2.05) is 19.1 Å². The molecule has 2 aromatic rings. The quantitative estimate of drug-likeness (QED) is 0.822. The lowest BCUT2D eigenvalue weighted by Gasteiger charge is -2.41. The summed E-state index contributed by atoms with van der Waals surface area (Å²) in [5.41, 5.74) is 1.85. The lowest BCUT2D eigenvalue weighted by Crippen LogP contribution is -2.49. The van der Waals surface area contributed by atoms with Crippen LogP contribution in [0.15, 0.2) is 24.4 Å². The molecule has 1 aromatic heterocycles. The third-order valence-corrected chi connectivity index (χ3v) is 5.74. The van der Waals surface area contributed by atoms with Crippen molar-refractivity contribution in [2.24, 2.45) is 5.92 Å². The first-order valence-electron chi connectivity index (χ1n) is 7.97. The highest BCUT2D eigenvalue weighted by molar-refractivity contribution is 7.90. The van der Waals surface area contributed by atoms with E-state index in [9.17, 15) is 13.5 Å². The van der Waals surface area contributed by atoms with E-state index in [4.69, 9.17) is 11.6 Å². The molecule has 1 fully saturated rings. The number of anilines is 1. The Kier molecular flexibility index (Phi) is 4.73. The molecule has 3 rings (SSSR count). The van der Waals surface area contributed by atoms with Gasteiger partial charge in [0.1, 0.15) is 15.0 Å². The summed E-state index contributed by atoms with van der Waals surface area (Å²) in [6.07, 6.45) is 3.07. The van der Waals surface area contributed by atoms with Crippen LogP contribution in [0.3, 0.4) is 0 Å². The molecule has 130 valence electrons. The zero-order valence-corrected chi connectivity index (χ0v) is 15.3. The monoisotopic (exact) mass is 368 g/mol. The number of aromatic nitrogens is 1. The van der Waals surface area contributed by atoms with E-state index in [2.05, 4.69) is 9.88 Å². The molecular formula is C17H21ClN2O3S. The summed E-state index contributed by atoms with van der Waals surface area (Å²) in [4.78, 5) is 6.32. The SMILES string of the molecule is CCC(O)c1ccc(N2CC(CS(C)(=O)=O)C2)c2cnc(Cl)cc12. The molecule has 5 nitrogen and oxygen atoms in total. The molecule has 24 heavy (non-hydrogen) atoms. The first-order chi connectivity index (χ1) is 11.3. The van der Waals surface area contributed by atoms with Crippen LogP contribution in [0.2, 0.25) is 5.15 Å². The minimum Gasteiger partial charge on any atom is -0.388 e. The molecule has 0 bridgehead atoms. The fourth-order valence-electron chi connectivity index (χ4n) is 3.31. The van der Waals surface area contributed by atoms with Crippen molar-refractivity contribution in [2.45, 2.75) is 19.4 Å². The first-order valence-corrected chi connectivity index (χ1v) is 10.4. The summed E-state index contributed by atoms with van der Waals surface area (Å²) in [6, 6.07) is 5.68. The Labute approximate surface area is 147 Å². The van der Waals surface area contributed by atoms with Crippen LogP contribution in [0, 0.1) is 5.92 Å². The van der Waals surface area contributed by atoms with E-state index in [0.29, 0.717) is 24.7 Å². The number of aliphatic hydroxyl groups excluding tert-OH is 1. The molecule has 1 saturated heterocycles. The minimum absolute atomic E-state index is 0.163. The predicted octanol–water partition coefficient (Wildman–Crippen LogP) is 2.81. The number of nitrogens with zero attached hydrogens (tertiary/aromatic N) is 2. The van der Waals surface area contributed by atoms with Crippen LogP contribution in [0.25, 0.3) is 10.8 Å². The summed E-state index contributed by atoms with van der Waals surface area (Å²) in [6.45, 7) is 3.35. The van der Waals surface area contributed by atoms with Gasteiger partial charge in [-0.15, -0.1) is 0 Å². The minimum atomic E-state index is -2.95. The number of sulfone groups is 1. The number of halogens is 1. The van der Waals surface area contributed by atoms with Crippen LogP contribution in [0.5, 0.6) is 0 Å². The van der Waals surface area contributed by atoms with Crippen molar-refractivity contribution in [3.63, 3.8) is 0 Å². The van der Waals surface area contributed by atoms with Crippen molar-refractivity contribution in [1.82, 2.24) is 4.98 Å². The van der Waals surface area contributed by atoms with Gasteiger partial charge in [0, 0.05) is 42.5 Å². The molecule has 1 aliphatic heterocycles. The Hall–Kier alpha value is -1.37. The number of hydrogen-bond acceptors (Lipinski definition) is 5. The zero-order valence-electron chi connectivity index (χ0n) is 13.7.